The van der Waals surface area contributed by atoms with E-state index in [1.54, 1.807) is 0 Å². The van der Waals surface area contributed by atoms with Crippen molar-refractivity contribution in [1.82, 2.24) is 0 Å². The molecule has 0 amide bonds. The van der Waals surface area contributed by atoms with Gasteiger partial charge in [-0.15, -0.1) is 0 Å². The summed E-state index contributed by atoms with van der Waals surface area (Å²) < 4.78 is 43.5. The summed E-state index contributed by atoms with van der Waals surface area (Å²) in [6, 6.07) is 0. The van der Waals surface area contributed by atoms with Crippen molar-refractivity contribution in [2.24, 2.45) is 0 Å². The number of hydrogen-bond donors (Lipinski definition) is 15. The standard InChI is InChI=1S/C27H48O23/c28-1-7(31)4-43-27-23(19(39)13(33)9(3-30)47-27)50-26-22(42)18(38)15(35)11(49-26)6-45-25-21(41)17(37)14(34)10(48-25)5-44-24-20(40)16(36)12(32)8(2-29)46-24/h7-42H,1-6H2/t7?,8-,9-,10-,11-,12-,13-,14-,15+,16+,17+,18+,19+,20-,21-,22-,23-,24-,25-,26-,27+/m1/s1. The minimum atomic E-state index is -2.00. The number of aliphatic hydroxyl groups excluding tert-OH is 15. The molecule has 1 unspecified atom stereocenters. The molecule has 0 aliphatic carbocycles. The predicted molar refractivity (Wildman–Crippen MR) is 151 cm³/mol. The molecule has 4 aliphatic rings. The quantitative estimate of drug-likeness (QED) is 0.0786. The Kier molecular flexibility index (Phi) is 15.4. The molecule has 23 heteroatoms. The molecule has 21 atom stereocenters. The van der Waals surface area contributed by atoms with Crippen LogP contribution in [0, 0.1) is 0 Å². The van der Waals surface area contributed by atoms with Crippen molar-refractivity contribution in [2.75, 3.05) is 39.6 Å². The van der Waals surface area contributed by atoms with E-state index in [1.165, 1.54) is 0 Å². The van der Waals surface area contributed by atoms with E-state index in [0.717, 1.165) is 0 Å². The van der Waals surface area contributed by atoms with Crippen LogP contribution in [0.15, 0.2) is 0 Å². The van der Waals surface area contributed by atoms with Crippen molar-refractivity contribution in [2.45, 2.75) is 129 Å². The van der Waals surface area contributed by atoms with Crippen LogP contribution < -0.4 is 0 Å². The second kappa shape index (κ2) is 18.4. The van der Waals surface area contributed by atoms with Crippen molar-refractivity contribution in [3.63, 3.8) is 0 Å². The summed E-state index contributed by atoms with van der Waals surface area (Å²) in [6.45, 7) is -4.22. The molecular formula is C27H48O23. The van der Waals surface area contributed by atoms with E-state index < -0.39 is 169 Å². The first-order valence-electron chi connectivity index (χ1n) is 15.8. The summed E-state index contributed by atoms with van der Waals surface area (Å²) >= 11 is 0. The molecule has 294 valence electrons. The molecule has 0 aromatic heterocycles. The van der Waals surface area contributed by atoms with E-state index in [4.69, 9.17) is 43.0 Å². The van der Waals surface area contributed by atoms with Gasteiger partial charge in [0.15, 0.2) is 25.2 Å². The molecule has 0 bridgehead atoms. The van der Waals surface area contributed by atoms with Gasteiger partial charge in [0.2, 0.25) is 0 Å². The Morgan fingerprint density at radius 1 is 0.420 bits per heavy atom. The Bertz CT molecular complexity index is 1010. The minimum absolute atomic E-state index is 0.563. The molecule has 0 saturated carbocycles. The van der Waals surface area contributed by atoms with Crippen molar-refractivity contribution < 1.29 is 114 Å². The van der Waals surface area contributed by atoms with E-state index in [9.17, 15) is 71.5 Å². The summed E-state index contributed by atoms with van der Waals surface area (Å²) in [6.07, 6.45) is -36.2. The lowest BCUT2D eigenvalue weighted by Crippen LogP contribution is -2.65. The fourth-order valence-corrected chi connectivity index (χ4v) is 5.69. The SMILES string of the molecule is OCC(O)CO[C@H]1O[C@H](CO)[C@@H](O)[C@H](O)[C@H]1O[C@H]1O[C@H](CO[C@@H]2O[C@H](CO[C@@H]3O[C@H](CO)[C@@H](O)[C@H](O)[C@H]3O)[C@@H](O)[C@H](O)[C@H]2O)[C@H](O)[C@H](O)[C@H]1O. The number of ether oxygens (including phenoxy) is 8. The Balaban J connectivity index is 1.40. The number of hydrogen-bond acceptors (Lipinski definition) is 23. The second-order valence-corrected chi connectivity index (χ2v) is 12.4. The molecule has 23 nitrogen and oxygen atoms in total. The minimum Gasteiger partial charge on any atom is -0.394 e. The van der Waals surface area contributed by atoms with E-state index in [2.05, 4.69) is 0 Å². The van der Waals surface area contributed by atoms with Crippen molar-refractivity contribution in [3.8, 4) is 0 Å². The summed E-state index contributed by atoms with van der Waals surface area (Å²) in [5, 5.41) is 152. The zero-order chi connectivity index (χ0) is 37.0. The van der Waals surface area contributed by atoms with Gasteiger partial charge < -0.3 is 114 Å². The van der Waals surface area contributed by atoms with Crippen LogP contribution in [0.25, 0.3) is 0 Å². The maximum absolute atomic E-state index is 10.7. The maximum atomic E-state index is 10.7. The largest absolute Gasteiger partial charge is 0.394 e. The lowest BCUT2D eigenvalue weighted by Gasteiger charge is -2.46. The highest BCUT2D eigenvalue weighted by atomic mass is 16.8. The molecule has 0 aromatic carbocycles. The van der Waals surface area contributed by atoms with Crippen molar-refractivity contribution >= 4 is 0 Å². The van der Waals surface area contributed by atoms with Gasteiger partial charge in [0.05, 0.1) is 39.6 Å². The molecule has 4 heterocycles. The van der Waals surface area contributed by atoms with Gasteiger partial charge in [-0.25, -0.2) is 0 Å². The lowest BCUT2D eigenvalue weighted by molar-refractivity contribution is -0.374. The van der Waals surface area contributed by atoms with Crippen LogP contribution in [0.4, 0.5) is 0 Å². The molecule has 50 heavy (non-hydrogen) atoms. The Labute approximate surface area is 283 Å². The summed E-state index contributed by atoms with van der Waals surface area (Å²) in [5.41, 5.74) is 0. The molecule has 4 fully saturated rings. The van der Waals surface area contributed by atoms with E-state index in [-0.39, 0.29) is 0 Å². The lowest BCUT2D eigenvalue weighted by atomic mass is 9.97. The topological polar surface area (TPSA) is 377 Å². The van der Waals surface area contributed by atoms with Gasteiger partial charge in [-0.05, 0) is 0 Å². The summed E-state index contributed by atoms with van der Waals surface area (Å²) in [4.78, 5) is 0. The third-order valence-electron chi connectivity index (χ3n) is 8.81. The van der Waals surface area contributed by atoms with Gasteiger partial charge in [0.1, 0.15) is 104 Å². The Morgan fingerprint density at radius 3 is 1.26 bits per heavy atom. The summed E-state index contributed by atoms with van der Waals surface area (Å²) in [5.74, 6) is 0. The fraction of sp³-hybridized carbons (Fsp3) is 1.00. The smallest absolute Gasteiger partial charge is 0.187 e. The first kappa shape index (κ1) is 41.8. The Hall–Kier alpha value is -0.920. The van der Waals surface area contributed by atoms with Crippen LogP contribution in [-0.2, 0) is 37.9 Å². The molecule has 4 rings (SSSR count). The van der Waals surface area contributed by atoms with Gasteiger partial charge in [-0.3, -0.25) is 0 Å². The zero-order valence-electron chi connectivity index (χ0n) is 26.3. The average Bonchev–Trinajstić information content (AvgIpc) is 3.11. The van der Waals surface area contributed by atoms with Crippen LogP contribution in [0.2, 0.25) is 0 Å². The maximum Gasteiger partial charge on any atom is 0.187 e. The van der Waals surface area contributed by atoms with E-state index >= 15 is 0 Å². The van der Waals surface area contributed by atoms with Gasteiger partial charge in [-0.2, -0.15) is 0 Å². The highest BCUT2D eigenvalue weighted by Crippen LogP contribution is 2.31. The third-order valence-corrected chi connectivity index (χ3v) is 8.81. The molecule has 0 radical (unpaired) electrons. The predicted octanol–water partition coefficient (Wildman–Crippen LogP) is -10.4. The molecule has 0 aromatic rings. The van der Waals surface area contributed by atoms with Gasteiger partial charge in [-0.1, -0.05) is 0 Å². The second-order valence-electron chi connectivity index (χ2n) is 12.4. The molecule has 4 saturated heterocycles. The fourth-order valence-electron chi connectivity index (χ4n) is 5.69. The first-order valence-corrected chi connectivity index (χ1v) is 15.8. The average molecular weight is 741 g/mol. The Morgan fingerprint density at radius 2 is 0.800 bits per heavy atom. The number of rotatable bonds is 14. The van der Waals surface area contributed by atoms with Crippen molar-refractivity contribution in [3.05, 3.63) is 0 Å². The van der Waals surface area contributed by atoms with Crippen LogP contribution >= 0.6 is 0 Å². The van der Waals surface area contributed by atoms with Gasteiger partial charge in [0, 0.05) is 0 Å². The normalized spacial score (nSPS) is 49.5. The van der Waals surface area contributed by atoms with Gasteiger partial charge in [0.25, 0.3) is 0 Å². The molecule has 0 spiro atoms. The van der Waals surface area contributed by atoms with Crippen LogP contribution in [0.3, 0.4) is 0 Å². The highest BCUT2D eigenvalue weighted by Gasteiger charge is 2.52. The van der Waals surface area contributed by atoms with Crippen LogP contribution in [0.5, 0.6) is 0 Å². The molecular weight excluding hydrogens is 692 g/mol. The monoisotopic (exact) mass is 740 g/mol. The molecule has 15 N–H and O–H groups in total. The van der Waals surface area contributed by atoms with E-state index in [0.29, 0.717) is 0 Å². The van der Waals surface area contributed by atoms with Crippen molar-refractivity contribution in [1.29, 1.82) is 0 Å². The van der Waals surface area contributed by atoms with Crippen LogP contribution in [0.1, 0.15) is 0 Å². The third kappa shape index (κ3) is 9.23. The molecule has 4 aliphatic heterocycles. The summed E-state index contributed by atoms with van der Waals surface area (Å²) in [7, 11) is 0. The highest BCUT2D eigenvalue weighted by molar-refractivity contribution is 4.95. The first-order chi connectivity index (χ1) is 23.6. The van der Waals surface area contributed by atoms with Gasteiger partial charge >= 0.3 is 0 Å². The number of aliphatic hydroxyl groups is 15. The van der Waals surface area contributed by atoms with Crippen LogP contribution in [-0.4, -0.2) is 245 Å². The zero-order valence-corrected chi connectivity index (χ0v) is 26.3. The van der Waals surface area contributed by atoms with E-state index in [1.807, 2.05) is 0 Å².